The van der Waals surface area contributed by atoms with Gasteiger partial charge in [0.2, 0.25) is 5.91 Å². The molecule has 0 bridgehead atoms. The molecule has 0 aliphatic carbocycles. The zero-order chi connectivity index (χ0) is 18.2. The Morgan fingerprint density at radius 3 is 2.52 bits per heavy atom. The van der Waals surface area contributed by atoms with Crippen LogP contribution in [-0.4, -0.2) is 33.2 Å². The third kappa shape index (κ3) is 5.57. The lowest BCUT2D eigenvalue weighted by molar-refractivity contribution is -0.119. The van der Waals surface area contributed by atoms with E-state index in [-0.39, 0.29) is 12.5 Å². The van der Waals surface area contributed by atoms with Crippen LogP contribution in [0.2, 0.25) is 5.02 Å². The van der Waals surface area contributed by atoms with E-state index in [1.54, 1.807) is 14.2 Å². The quantitative estimate of drug-likeness (QED) is 0.755. The van der Waals surface area contributed by atoms with E-state index in [0.29, 0.717) is 29.5 Å². The summed E-state index contributed by atoms with van der Waals surface area (Å²) in [6.07, 6.45) is 0.711. The molecule has 1 amide bonds. The number of amides is 1. The van der Waals surface area contributed by atoms with Crippen molar-refractivity contribution in [3.63, 3.8) is 0 Å². The molecular formula is C19H23ClN2O3. The van der Waals surface area contributed by atoms with Crippen molar-refractivity contribution in [3.8, 4) is 11.5 Å². The topological polar surface area (TPSA) is 59.6 Å². The SMILES string of the molecule is COc1ccc(CCNC(=O)CNc2ccc(C)c(Cl)c2)cc1OC. The number of aryl methyl sites for hydroxylation is 1. The second-order valence-corrected chi connectivity index (χ2v) is 6.01. The normalized spacial score (nSPS) is 10.2. The molecule has 2 N–H and O–H groups in total. The van der Waals surface area contributed by atoms with E-state index in [0.717, 1.165) is 16.8 Å². The van der Waals surface area contributed by atoms with Gasteiger partial charge in [-0.2, -0.15) is 0 Å². The van der Waals surface area contributed by atoms with E-state index in [1.165, 1.54) is 0 Å². The largest absolute Gasteiger partial charge is 0.493 e. The van der Waals surface area contributed by atoms with E-state index < -0.39 is 0 Å². The summed E-state index contributed by atoms with van der Waals surface area (Å²) in [6.45, 7) is 2.68. The Morgan fingerprint density at radius 1 is 1.08 bits per heavy atom. The summed E-state index contributed by atoms with van der Waals surface area (Å²) in [4.78, 5) is 11.9. The van der Waals surface area contributed by atoms with E-state index in [4.69, 9.17) is 21.1 Å². The highest BCUT2D eigenvalue weighted by Crippen LogP contribution is 2.27. The zero-order valence-corrected chi connectivity index (χ0v) is 15.4. The molecule has 0 radical (unpaired) electrons. The summed E-state index contributed by atoms with van der Waals surface area (Å²) in [5.41, 5.74) is 2.90. The van der Waals surface area contributed by atoms with Gasteiger partial charge in [-0.1, -0.05) is 23.7 Å². The van der Waals surface area contributed by atoms with Crippen molar-refractivity contribution < 1.29 is 14.3 Å². The van der Waals surface area contributed by atoms with Gasteiger partial charge in [-0.15, -0.1) is 0 Å². The maximum atomic E-state index is 11.9. The molecule has 0 spiro atoms. The predicted molar refractivity (Wildman–Crippen MR) is 101 cm³/mol. The number of hydrogen-bond donors (Lipinski definition) is 2. The van der Waals surface area contributed by atoms with Crippen LogP contribution >= 0.6 is 11.6 Å². The van der Waals surface area contributed by atoms with Crippen molar-refractivity contribution in [2.24, 2.45) is 0 Å². The summed E-state index contributed by atoms with van der Waals surface area (Å²) >= 11 is 6.07. The van der Waals surface area contributed by atoms with E-state index in [1.807, 2.05) is 43.3 Å². The average Bonchev–Trinajstić information content (AvgIpc) is 2.62. The van der Waals surface area contributed by atoms with Crippen molar-refractivity contribution in [1.29, 1.82) is 0 Å². The minimum atomic E-state index is -0.0721. The van der Waals surface area contributed by atoms with Crippen LogP contribution in [0, 0.1) is 6.92 Å². The Bertz CT molecular complexity index is 735. The molecule has 25 heavy (non-hydrogen) atoms. The first kappa shape index (κ1) is 18.9. The van der Waals surface area contributed by atoms with Gasteiger partial charge in [-0.25, -0.2) is 0 Å². The molecule has 0 saturated heterocycles. The lowest BCUT2D eigenvalue weighted by Gasteiger charge is -2.11. The minimum Gasteiger partial charge on any atom is -0.493 e. The van der Waals surface area contributed by atoms with Crippen LogP contribution in [0.25, 0.3) is 0 Å². The molecule has 2 rings (SSSR count). The Labute approximate surface area is 153 Å². The number of ether oxygens (including phenoxy) is 2. The van der Waals surface area contributed by atoms with Crippen molar-refractivity contribution in [2.75, 3.05) is 32.6 Å². The van der Waals surface area contributed by atoms with Gasteiger partial charge in [-0.3, -0.25) is 4.79 Å². The number of rotatable bonds is 8. The van der Waals surface area contributed by atoms with E-state index >= 15 is 0 Å². The molecule has 5 nitrogen and oxygen atoms in total. The monoisotopic (exact) mass is 362 g/mol. The molecular weight excluding hydrogens is 340 g/mol. The zero-order valence-electron chi connectivity index (χ0n) is 14.7. The molecule has 0 aliphatic rings. The van der Waals surface area contributed by atoms with Crippen molar-refractivity contribution in [1.82, 2.24) is 5.32 Å². The van der Waals surface area contributed by atoms with Gasteiger partial charge in [0.15, 0.2) is 11.5 Å². The smallest absolute Gasteiger partial charge is 0.239 e. The van der Waals surface area contributed by atoms with Gasteiger partial charge in [0.25, 0.3) is 0 Å². The van der Waals surface area contributed by atoms with Crippen LogP contribution in [0.3, 0.4) is 0 Å². The molecule has 0 aromatic heterocycles. The van der Waals surface area contributed by atoms with Gasteiger partial charge in [-0.05, 0) is 48.7 Å². The van der Waals surface area contributed by atoms with E-state index in [2.05, 4.69) is 10.6 Å². The van der Waals surface area contributed by atoms with Gasteiger partial charge in [0.05, 0.1) is 20.8 Å². The number of halogens is 1. The van der Waals surface area contributed by atoms with Gasteiger partial charge < -0.3 is 20.1 Å². The number of methoxy groups -OCH3 is 2. The number of carbonyl (C=O) groups is 1. The van der Waals surface area contributed by atoms with Crippen molar-refractivity contribution >= 4 is 23.2 Å². The fourth-order valence-corrected chi connectivity index (χ4v) is 2.51. The third-order valence-corrected chi connectivity index (χ3v) is 4.22. The molecule has 0 aliphatic heterocycles. The summed E-state index contributed by atoms with van der Waals surface area (Å²) in [6, 6.07) is 11.4. The number of nitrogens with one attached hydrogen (secondary N) is 2. The Kier molecular flexibility index (Phi) is 6.95. The van der Waals surface area contributed by atoms with Crippen molar-refractivity contribution in [2.45, 2.75) is 13.3 Å². The second-order valence-electron chi connectivity index (χ2n) is 5.61. The van der Waals surface area contributed by atoms with Crippen LogP contribution in [-0.2, 0) is 11.2 Å². The Morgan fingerprint density at radius 2 is 1.84 bits per heavy atom. The highest BCUT2D eigenvalue weighted by atomic mass is 35.5. The lowest BCUT2D eigenvalue weighted by Crippen LogP contribution is -2.31. The van der Waals surface area contributed by atoms with Crippen LogP contribution in [0.15, 0.2) is 36.4 Å². The fourth-order valence-electron chi connectivity index (χ4n) is 2.33. The molecule has 0 fully saturated rings. The highest BCUT2D eigenvalue weighted by Gasteiger charge is 2.06. The fraction of sp³-hybridized carbons (Fsp3) is 0.316. The van der Waals surface area contributed by atoms with Crippen LogP contribution in [0.5, 0.6) is 11.5 Å². The van der Waals surface area contributed by atoms with Crippen LogP contribution in [0.4, 0.5) is 5.69 Å². The molecule has 0 saturated carbocycles. The predicted octanol–water partition coefficient (Wildman–Crippen LogP) is 3.44. The molecule has 0 atom stereocenters. The maximum Gasteiger partial charge on any atom is 0.239 e. The summed E-state index contributed by atoms with van der Waals surface area (Å²) < 4.78 is 10.5. The van der Waals surface area contributed by atoms with Crippen LogP contribution < -0.4 is 20.1 Å². The minimum absolute atomic E-state index is 0.0721. The van der Waals surface area contributed by atoms with Gasteiger partial charge >= 0.3 is 0 Å². The molecule has 2 aromatic rings. The molecule has 2 aromatic carbocycles. The maximum absolute atomic E-state index is 11.9. The standard InChI is InChI=1S/C19H23ClN2O3/c1-13-4-6-15(11-16(13)20)22-12-19(23)21-9-8-14-5-7-17(24-2)18(10-14)25-3/h4-7,10-11,22H,8-9,12H2,1-3H3,(H,21,23). The first-order valence-electron chi connectivity index (χ1n) is 8.01. The Balaban J connectivity index is 1.77. The second kappa shape index (κ2) is 9.18. The first-order chi connectivity index (χ1) is 12.0. The molecule has 0 heterocycles. The number of benzene rings is 2. The first-order valence-corrected chi connectivity index (χ1v) is 8.39. The molecule has 134 valence electrons. The summed E-state index contributed by atoms with van der Waals surface area (Å²) in [5.74, 6) is 1.30. The molecule has 0 unspecified atom stereocenters. The van der Waals surface area contributed by atoms with Gasteiger partial charge in [0.1, 0.15) is 0 Å². The number of anilines is 1. The van der Waals surface area contributed by atoms with Crippen LogP contribution in [0.1, 0.15) is 11.1 Å². The summed E-state index contributed by atoms with van der Waals surface area (Å²) in [5, 5.41) is 6.63. The number of carbonyl (C=O) groups excluding carboxylic acids is 1. The van der Waals surface area contributed by atoms with E-state index in [9.17, 15) is 4.79 Å². The average molecular weight is 363 g/mol. The summed E-state index contributed by atoms with van der Waals surface area (Å²) in [7, 11) is 3.21. The van der Waals surface area contributed by atoms with Crippen molar-refractivity contribution in [3.05, 3.63) is 52.5 Å². The molecule has 6 heteroatoms. The Hall–Kier alpha value is -2.40. The third-order valence-electron chi connectivity index (χ3n) is 3.81. The number of hydrogen-bond acceptors (Lipinski definition) is 4. The van der Waals surface area contributed by atoms with Gasteiger partial charge in [0, 0.05) is 17.3 Å². The highest BCUT2D eigenvalue weighted by molar-refractivity contribution is 6.31. The lowest BCUT2D eigenvalue weighted by atomic mass is 10.1.